The highest BCUT2D eigenvalue weighted by molar-refractivity contribution is 7.92. The molecule has 0 N–H and O–H groups in total. The number of rotatable bonds is 9. The van der Waals surface area contributed by atoms with Gasteiger partial charge in [-0.3, -0.25) is 4.40 Å². The van der Waals surface area contributed by atoms with Crippen molar-refractivity contribution >= 4 is 21.6 Å². The van der Waals surface area contributed by atoms with Gasteiger partial charge in [-0.25, -0.2) is 17.7 Å². The van der Waals surface area contributed by atoms with Crippen LogP contribution in [-0.4, -0.2) is 29.0 Å². The summed E-state index contributed by atoms with van der Waals surface area (Å²) >= 11 is 0. The Morgan fingerprint density at radius 1 is 1.20 bits per heavy atom. The van der Waals surface area contributed by atoms with Crippen LogP contribution in [0, 0.1) is 5.92 Å². The molecule has 1 atom stereocenters. The predicted molar refractivity (Wildman–Crippen MR) is 122 cm³/mol. The number of allylic oxidation sites excluding steroid dienone is 2. The van der Waals surface area contributed by atoms with E-state index in [0.717, 1.165) is 30.5 Å². The zero-order chi connectivity index (χ0) is 21.7. The first-order valence-corrected chi connectivity index (χ1v) is 12.1. The summed E-state index contributed by atoms with van der Waals surface area (Å²) < 4.78 is 28.8. The van der Waals surface area contributed by atoms with E-state index < -0.39 is 10.0 Å². The molecule has 3 aromatic rings. The topological polar surface area (TPSA) is 67.6 Å². The van der Waals surface area contributed by atoms with E-state index in [9.17, 15) is 8.42 Å². The molecule has 0 amide bonds. The monoisotopic (exact) mass is 426 g/mol. The van der Waals surface area contributed by atoms with E-state index in [0.29, 0.717) is 17.5 Å². The van der Waals surface area contributed by atoms with E-state index in [1.807, 2.05) is 47.0 Å². The molecular weight excluding hydrogens is 396 g/mol. The van der Waals surface area contributed by atoms with Crippen molar-refractivity contribution in [2.24, 2.45) is 5.92 Å². The lowest BCUT2D eigenvalue weighted by Crippen LogP contribution is -2.30. The van der Waals surface area contributed by atoms with E-state index in [1.165, 1.54) is 16.1 Å². The Morgan fingerprint density at radius 3 is 2.60 bits per heavy atom. The van der Waals surface area contributed by atoms with Crippen LogP contribution in [0.2, 0.25) is 0 Å². The van der Waals surface area contributed by atoms with Crippen molar-refractivity contribution in [1.29, 1.82) is 0 Å². The minimum Gasteiger partial charge on any atom is -0.286 e. The second kappa shape index (κ2) is 9.43. The summed E-state index contributed by atoms with van der Waals surface area (Å²) in [6.07, 6.45) is 9.81. The minimum absolute atomic E-state index is 0.239. The normalized spacial score (nSPS) is 12.7. The van der Waals surface area contributed by atoms with Crippen molar-refractivity contribution in [3.8, 4) is 0 Å². The molecule has 0 fully saturated rings. The third-order valence-corrected chi connectivity index (χ3v) is 6.14. The average molecular weight is 427 g/mol. The zero-order valence-electron chi connectivity index (χ0n) is 18.1. The van der Waals surface area contributed by atoms with Gasteiger partial charge in [0.05, 0.1) is 18.5 Å². The summed E-state index contributed by atoms with van der Waals surface area (Å²) in [4.78, 5) is 8.97. The van der Waals surface area contributed by atoms with Gasteiger partial charge in [0, 0.05) is 12.4 Å². The Bertz CT molecular complexity index is 1120. The van der Waals surface area contributed by atoms with Crippen molar-refractivity contribution in [2.75, 3.05) is 10.6 Å². The van der Waals surface area contributed by atoms with Crippen molar-refractivity contribution in [3.05, 3.63) is 71.7 Å². The number of hydrogen-bond acceptors (Lipinski definition) is 4. The van der Waals surface area contributed by atoms with E-state index >= 15 is 0 Å². The molecule has 160 valence electrons. The van der Waals surface area contributed by atoms with E-state index in [-0.39, 0.29) is 6.54 Å². The van der Waals surface area contributed by atoms with Crippen molar-refractivity contribution < 1.29 is 8.42 Å². The summed E-state index contributed by atoms with van der Waals surface area (Å²) in [6, 6.07) is 11.4. The fourth-order valence-corrected chi connectivity index (χ4v) is 4.34. The molecule has 3 rings (SSSR count). The van der Waals surface area contributed by atoms with Gasteiger partial charge in [0.2, 0.25) is 15.8 Å². The van der Waals surface area contributed by atoms with Crippen LogP contribution in [0.4, 0.5) is 5.82 Å². The Balaban J connectivity index is 2.00. The first-order chi connectivity index (χ1) is 14.3. The summed E-state index contributed by atoms with van der Waals surface area (Å²) in [7, 11) is -3.53. The van der Waals surface area contributed by atoms with E-state index in [2.05, 4.69) is 36.8 Å². The van der Waals surface area contributed by atoms with Gasteiger partial charge in [-0.1, -0.05) is 48.9 Å². The molecule has 0 spiro atoms. The summed E-state index contributed by atoms with van der Waals surface area (Å²) in [5, 5.41) is 0. The number of imidazole rings is 1. The van der Waals surface area contributed by atoms with Gasteiger partial charge in [-0.15, -0.1) is 0 Å². The Labute approximate surface area is 179 Å². The van der Waals surface area contributed by atoms with Gasteiger partial charge in [0.25, 0.3) is 0 Å². The summed E-state index contributed by atoms with van der Waals surface area (Å²) in [6.45, 7) is 6.64. The number of benzene rings is 1. The SMILES string of the molecule is CC(C)=CCC[C@H](C)Cc1c(N(Cc2ccccc2)S(C)(=O)=O)nc2ncccn12. The van der Waals surface area contributed by atoms with Crippen molar-refractivity contribution in [3.63, 3.8) is 0 Å². The van der Waals surface area contributed by atoms with Crippen LogP contribution in [0.25, 0.3) is 5.78 Å². The molecule has 2 aromatic heterocycles. The molecule has 6 nitrogen and oxygen atoms in total. The molecule has 0 saturated carbocycles. The predicted octanol–water partition coefficient (Wildman–Crippen LogP) is 4.62. The molecule has 1 aromatic carbocycles. The number of anilines is 1. The maximum absolute atomic E-state index is 12.7. The van der Waals surface area contributed by atoms with Gasteiger partial charge in [0.1, 0.15) is 0 Å². The lowest BCUT2D eigenvalue weighted by molar-refractivity contribution is 0.527. The molecule has 0 saturated heterocycles. The number of nitrogens with zero attached hydrogens (tertiary/aromatic N) is 4. The molecule has 30 heavy (non-hydrogen) atoms. The van der Waals surface area contributed by atoms with Crippen LogP contribution < -0.4 is 4.31 Å². The first-order valence-electron chi connectivity index (χ1n) is 10.2. The minimum atomic E-state index is -3.53. The third kappa shape index (κ3) is 5.48. The fraction of sp³-hybridized carbons (Fsp3) is 0.391. The lowest BCUT2D eigenvalue weighted by atomic mass is 9.99. The highest BCUT2D eigenvalue weighted by atomic mass is 32.2. The molecule has 0 aliphatic rings. The molecule has 0 unspecified atom stereocenters. The second-order valence-corrected chi connectivity index (χ2v) is 10.0. The van der Waals surface area contributed by atoms with Gasteiger partial charge < -0.3 is 0 Å². The Hall–Kier alpha value is -2.67. The molecule has 0 aliphatic heterocycles. The standard InChI is InChI=1S/C23H30N4O2S/c1-18(2)10-8-11-19(3)16-21-22(25-23-24-14-9-15-26(21)23)27(30(4,28)29)17-20-12-6-5-7-13-20/h5-7,9-10,12-15,19H,8,11,16-17H2,1-4H3/t19-/m0/s1. The number of aromatic nitrogens is 3. The lowest BCUT2D eigenvalue weighted by Gasteiger charge is -2.22. The number of sulfonamides is 1. The average Bonchev–Trinajstić information content (AvgIpc) is 3.04. The molecule has 0 radical (unpaired) electrons. The van der Waals surface area contributed by atoms with Crippen LogP contribution in [0.5, 0.6) is 0 Å². The smallest absolute Gasteiger partial charge is 0.236 e. The maximum atomic E-state index is 12.7. The molecule has 0 bridgehead atoms. The highest BCUT2D eigenvalue weighted by Gasteiger charge is 2.26. The fourth-order valence-electron chi connectivity index (χ4n) is 3.50. The highest BCUT2D eigenvalue weighted by Crippen LogP contribution is 2.28. The van der Waals surface area contributed by atoms with Crippen molar-refractivity contribution in [1.82, 2.24) is 14.4 Å². The summed E-state index contributed by atoms with van der Waals surface area (Å²) in [5.41, 5.74) is 3.10. The van der Waals surface area contributed by atoms with Crippen molar-refractivity contribution in [2.45, 2.75) is 46.6 Å². The quantitative estimate of drug-likeness (QED) is 0.468. The van der Waals surface area contributed by atoms with Crippen LogP contribution in [0.15, 0.2) is 60.4 Å². The Morgan fingerprint density at radius 2 is 1.93 bits per heavy atom. The van der Waals surface area contributed by atoms with Crippen LogP contribution in [0.1, 0.15) is 44.9 Å². The maximum Gasteiger partial charge on any atom is 0.236 e. The summed E-state index contributed by atoms with van der Waals surface area (Å²) in [5.74, 6) is 1.35. The van der Waals surface area contributed by atoms with Crippen LogP contribution >= 0.6 is 0 Å². The van der Waals surface area contributed by atoms with E-state index in [4.69, 9.17) is 0 Å². The second-order valence-electron chi connectivity index (χ2n) is 8.10. The third-order valence-electron chi connectivity index (χ3n) is 5.04. The number of hydrogen-bond donors (Lipinski definition) is 0. The largest absolute Gasteiger partial charge is 0.286 e. The van der Waals surface area contributed by atoms with E-state index in [1.54, 1.807) is 6.20 Å². The van der Waals surface area contributed by atoms with Gasteiger partial charge in [-0.2, -0.15) is 4.98 Å². The first kappa shape index (κ1) is 22.0. The zero-order valence-corrected chi connectivity index (χ0v) is 18.9. The molecular formula is C23H30N4O2S. The molecule has 0 aliphatic carbocycles. The Kier molecular flexibility index (Phi) is 6.92. The van der Waals surface area contributed by atoms with Gasteiger partial charge in [0.15, 0.2) is 5.82 Å². The number of fused-ring (bicyclic) bond motifs is 1. The molecule has 7 heteroatoms. The van der Waals surface area contributed by atoms with Crippen LogP contribution in [-0.2, 0) is 23.0 Å². The van der Waals surface area contributed by atoms with Gasteiger partial charge >= 0.3 is 0 Å². The van der Waals surface area contributed by atoms with Crippen LogP contribution in [0.3, 0.4) is 0 Å². The van der Waals surface area contributed by atoms with Gasteiger partial charge in [-0.05, 0) is 50.7 Å². The molecule has 2 heterocycles.